The highest BCUT2D eigenvalue weighted by Gasteiger charge is 2.33. The molecule has 1 aliphatic carbocycles. The zero-order valence-corrected chi connectivity index (χ0v) is 16.0. The number of amidine groups is 1. The van der Waals surface area contributed by atoms with Crippen molar-refractivity contribution in [2.45, 2.75) is 38.0 Å². The molecule has 3 heterocycles. The Bertz CT molecular complexity index is 1030. The second kappa shape index (κ2) is 6.85. The van der Waals surface area contributed by atoms with Gasteiger partial charge in [-0.05, 0) is 37.8 Å². The molecule has 1 saturated carbocycles. The van der Waals surface area contributed by atoms with Gasteiger partial charge >= 0.3 is 0 Å². The van der Waals surface area contributed by atoms with Crippen LogP contribution < -0.4 is 15.4 Å². The van der Waals surface area contributed by atoms with E-state index in [4.69, 9.17) is 10.5 Å². The summed E-state index contributed by atoms with van der Waals surface area (Å²) in [5, 5.41) is 16.1. The molecule has 1 fully saturated rings. The minimum atomic E-state index is 0.583. The van der Waals surface area contributed by atoms with Crippen LogP contribution in [0.25, 0.3) is 10.9 Å². The summed E-state index contributed by atoms with van der Waals surface area (Å²) in [6.07, 6.45) is 5.41. The first-order chi connectivity index (χ1) is 13.7. The van der Waals surface area contributed by atoms with Gasteiger partial charge < -0.3 is 15.4 Å². The fourth-order valence-corrected chi connectivity index (χ4v) is 4.04. The molecule has 0 bridgehead atoms. The van der Waals surface area contributed by atoms with Crippen LogP contribution in [-0.2, 0) is 6.42 Å². The van der Waals surface area contributed by atoms with Crippen molar-refractivity contribution >= 4 is 28.2 Å². The maximum atomic E-state index is 6.26. The number of aromatic amines is 2. The SMILES string of the molecule is COc1cccc2c(N=C(N)CCN3CCCc4[nH]nc(C5CC5)c43)n[nH]c12. The van der Waals surface area contributed by atoms with Crippen LogP contribution in [0, 0.1) is 0 Å². The molecular weight excluding hydrogens is 354 g/mol. The van der Waals surface area contributed by atoms with Gasteiger partial charge in [-0.15, -0.1) is 0 Å². The fourth-order valence-electron chi connectivity index (χ4n) is 4.04. The molecule has 0 radical (unpaired) electrons. The number of ether oxygens (including phenoxy) is 1. The number of aliphatic imine (C=N–C) groups is 1. The van der Waals surface area contributed by atoms with Crippen LogP contribution >= 0.6 is 0 Å². The molecular formula is C20H25N7O. The molecule has 8 heteroatoms. The van der Waals surface area contributed by atoms with Gasteiger partial charge in [0.05, 0.1) is 24.2 Å². The lowest BCUT2D eigenvalue weighted by atomic mass is 10.1. The summed E-state index contributed by atoms with van der Waals surface area (Å²) < 4.78 is 5.37. The number of rotatable bonds is 6. The highest BCUT2D eigenvalue weighted by Crippen LogP contribution is 2.45. The number of fused-ring (bicyclic) bond motifs is 2. The molecule has 5 rings (SSSR count). The Hall–Kier alpha value is -3.03. The van der Waals surface area contributed by atoms with Gasteiger partial charge in [-0.3, -0.25) is 10.2 Å². The second-order valence-electron chi connectivity index (χ2n) is 7.58. The smallest absolute Gasteiger partial charge is 0.183 e. The van der Waals surface area contributed by atoms with Crippen molar-refractivity contribution in [3.8, 4) is 5.75 Å². The number of nitrogens with one attached hydrogen (secondary N) is 2. The van der Waals surface area contributed by atoms with Crippen molar-refractivity contribution in [2.75, 3.05) is 25.1 Å². The largest absolute Gasteiger partial charge is 0.494 e. The lowest BCUT2D eigenvalue weighted by molar-refractivity contribution is 0.419. The Kier molecular flexibility index (Phi) is 4.18. The van der Waals surface area contributed by atoms with Gasteiger partial charge in [0.25, 0.3) is 0 Å². The molecule has 4 N–H and O–H groups in total. The fraction of sp³-hybridized carbons (Fsp3) is 0.450. The van der Waals surface area contributed by atoms with Crippen LogP contribution in [0.4, 0.5) is 11.5 Å². The summed E-state index contributed by atoms with van der Waals surface area (Å²) in [5.41, 5.74) is 10.9. The summed E-state index contributed by atoms with van der Waals surface area (Å²) in [5.74, 6) is 2.57. The average Bonchev–Trinajstić information content (AvgIpc) is 3.34. The van der Waals surface area contributed by atoms with E-state index >= 15 is 0 Å². The van der Waals surface area contributed by atoms with E-state index in [-0.39, 0.29) is 0 Å². The van der Waals surface area contributed by atoms with E-state index < -0.39 is 0 Å². The van der Waals surface area contributed by atoms with Gasteiger partial charge in [0, 0.05) is 30.8 Å². The third-order valence-corrected chi connectivity index (χ3v) is 5.62. The summed E-state index contributed by atoms with van der Waals surface area (Å²) in [6, 6.07) is 5.80. The van der Waals surface area contributed by atoms with Crippen molar-refractivity contribution in [1.82, 2.24) is 20.4 Å². The molecule has 28 heavy (non-hydrogen) atoms. The average molecular weight is 379 g/mol. The summed E-state index contributed by atoms with van der Waals surface area (Å²) >= 11 is 0. The van der Waals surface area contributed by atoms with Crippen LogP contribution in [0.1, 0.15) is 43.0 Å². The Morgan fingerprint density at radius 1 is 1.32 bits per heavy atom. The number of nitrogens with two attached hydrogens (primary N) is 1. The van der Waals surface area contributed by atoms with E-state index in [0.29, 0.717) is 24.0 Å². The first kappa shape index (κ1) is 17.1. The standard InChI is InChI=1S/C20H25N7O/c1-28-15-6-2-4-13-18(15)25-26-20(13)22-16(21)9-11-27-10-3-5-14-19(27)17(24-23-14)12-7-8-12/h2,4,6,12H,3,5,7-11H2,1H3,(H,23,24)(H3,21,22,25,26). The lowest BCUT2D eigenvalue weighted by Gasteiger charge is -2.29. The predicted molar refractivity (Wildman–Crippen MR) is 110 cm³/mol. The van der Waals surface area contributed by atoms with E-state index in [2.05, 4.69) is 30.3 Å². The van der Waals surface area contributed by atoms with Gasteiger partial charge in [0.2, 0.25) is 0 Å². The van der Waals surface area contributed by atoms with Gasteiger partial charge in [-0.1, -0.05) is 6.07 Å². The summed E-state index contributed by atoms with van der Waals surface area (Å²) in [7, 11) is 1.64. The van der Waals surface area contributed by atoms with E-state index in [9.17, 15) is 0 Å². The van der Waals surface area contributed by atoms with E-state index in [1.807, 2.05) is 18.2 Å². The lowest BCUT2D eigenvalue weighted by Crippen LogP contribution is -2.33. The van der Waals surface area contributed by atoms with E-state index in [0.717, 1.165) is 42.6 Å². The zero-order chi connectivity index (χ0) is 19.1. The number of hydrogen-bond donors (Lipinski definition) is 3. The minimum absolute atomic E-state index is 0.583. The number of aromatic nitrogens is 4. The van der Waals surface area contributed by atoms with E-state index in [1.54, 1.807) is 7.11 Å². The number of para-hydroxylation sites is 1. The molecule has 146 valence electrons. The molecule has 1 aliphatic heterocycles. The first-order valence-electron chi connectivity index (χ1n) is 9.91. The number of nitrogens with zero attached hydrogens (tertiary/aromatic N) is 4. The minimum Gasteiger partial charge on any atom is -0.494 e. The highest BCUT2D eigenvalue weighted by atomic mass is 16.5. The van der Waals surface area contributed by atoms with Crippen LogP contribution in [0.15, 0.2) is 23.2 Å². The van der Waals surface area contributed by atoms with Crippen LogP contribution in [0.3, 0.4) is 0 Å². The van der Waals surface area contributed by atoms with Crippen LogP contribution in [0.2, 0.25) is 0 Å². The Labute approximate surface area is 163 Å². The predicted octanol–water partition coefficient (Wildman–Crippen LogP) is 3.00. The number of benzene rings is 1. The normalized spacial score (nSPS) is 17.2. The number of hydrogen-bond acceptors (Lipinski definition) is 5. The maximum absolute atomic E-state index is 6.26. The molecule has 3 aromatic rings. The number of H-pyrrole nitrogens is 2. The topological polar surface area (TPSA) is 108 Å². The second-order valence-corrected chi connectivity index (χ2v) is 7.58. The first-order valence-corrected chi connectivity index (χ1v) is 9.91. The van der Waals surface area contributed by atoms with Crippen molar-refractivity contribution in [3.63, 3.8) is 0 Å². The molecule has 0 unspecified atom stereocenters. The van der Waals surface area contributed by atoms with Crippen molar-refractivity contribution < 1.29 is 4.74 Å². The molecule has 0 saturated heterocycles. The summed E-state index contributed by atoms with van der Waals surface area (Å²) in [4.78, 5) is 6.99. The van der Waals surface area contributed by atoms with E-state index in [1.165, 1.54) is 29.9 Å². The van der Waals surface area contributed by atoms with Crippen molar-refractivity contribution in [2.24, 2.45) is 10.7 Å². The molecule has 2 aromatic heterocycles. The highest BCUT2D eigenvalue weighted by molar-refractivity contribution is 5.95. The Morgan fingerprint density at radius 2 is 2.21 bits per heavy atom. The maximum Gasteiger partial charge on any atom is 0.183 e. The van der Waals surface area contributed by atoms with Gasteiger partial charge in [0.1, 0.15) is 17.1 Å². The third kappa shape index (κ3) is 2.98. The van der Waals surface area contributed by atoms with Gasteiger partial charge in [-0.2, -0.15) is 10.2 Å². The molecule has 0 spiro atoms. The van der Waals surface area contributed by atoms with Crippen molar-refractivity contribution in [1.29, 1.82) is 0 Å². The monoisotopic (exact) mass is 379 g/mol. The third-order valence-electron chi connectivity index (χ3n) is 5.62. The van der Waals surface area contributed by atoms with Crippen LogP contribution in [-0.4, -0.2) is 46.4 Å². The quantitative estimate of drug-likeness (QED) is 0.451. The molecule has 8 nitrogen and oxygen atoms in total. The van der Waals surface area contributed by atoms with Crippen LogP contribution in [0.5, 0.6) is 5.75 Å². The Balaban J connectivity index is 1.34. The molecule has 0 atom stereocenters. The summed E-state index contributed by atoms with van der Waals surface area (Å²) in [6.45, 7) is 1.88. The van der Waals surface area contributed by atoms with Crippen molar-refractivity contribution in [3.05, 3.63) is 29.6 Å². The number of aryl methyl sites for hydroxylation is 1. The molecule has 2 aliphatic rings. The molecule has 1 aromatic carbocycles. The number of methoxy groups -OCH3 is 1. The number of anilines is 1. The Morgan fingerprint density at radius 3 is 3.04 bits per heavy atom. The van der Waals surface area contributed by atoms with Gasteiger partial charge in [-0.25, -0.2) is 4.99 Å². The molecule has 0 amide bonds. The zero-order valence-electron chi connectivity index (χ0n) is 16.0. The van der Waals surface area contributed by atoms with Gasteiger partial charge in [0.15, 0.2) is 5.82 Å².